The largest absolute Gasteiger partial charge is 0.243 e. The van der Waals surface area contributed by atoms with E-state index >= 15 is 0 Å². The summed E-state index contributed by atoms with van der Waals surface area (Å²) in [5, 5.41) is 0. The highest BCUT2D eigenvalue weighted by Crippen LogP contribution is 2.28. The number of rotatable bonds is 6. The second-order valence-electron chi connectivity index (χ2n) is 6.61. The van der Waals surface area contributed by atoms with Gasteiger partial charge < -0.3 is 0 Å². The minimum absolute atomic E-state index is 0.322. The first kappa shape index (κ1) is 19.8. The average Bonchev–Trinajstić information content (AvgIpc) is 2.66. The first-order chi connectivity index (χ1) is 12.9. The van der Waals surface area contributed by atoms with Crippen LogP contribution in [0.1, 0.15) is 22.3 Å². The Morgan fingerprint density at radius 1 is 0.778 bits per heavy atom. The number of hydrogen-bond donors (Lipinski definition) is 0. The zero-order valence-corrected chi connectivity index (χ0v) is 17.8. The van der Waals surface area contributed by atoms with Crippen LogP contribution in [0.4, 0.5) is 0 Å². The van der Waals surface area contributed by atoms with Gasteiger partial charge in [-0.25, -0.2) is 8.42 Å². The summed E-state index contributed by atoms with van der Waals surface area (Å²) in [5.41, 5.74) is 3.69. The van der Waals surface area contributed by atoms with Gasteiger partial charge in [-0.3, -0.25) is 0 Å². The molecule has 0 spiro atoms. The standard InChI is InChI=1S/C22H22BrNO2S/c1-17-13-18(2)22(14-21(17)23)27(25,26)24(15-19-9-5-3-6-10-19)16-20-11-7-4-8-12-20/h3-14H,15-16H2,1-2H3. The molecule has 0 bridgehead atoms. The zero-order valence-electron chi connectivity index (χ0n) is 15.4. The van der Waals surface area contributed by atoms with E-state index in [9.17, 15) is 8.42 Å². The maximum Gasteiger partial charge on any atom is 0.243 e. The highest BCUT2D eigenvalue weighted by Gasteiger charge is 2.27. The molecule has 0 radical (unpaired) electrons. The lowest BCUT2D eigenvalue weighted by Gasteiger charge is -2.24. The van der Waals surface area contributed by atoms with Gasteiger partial charge in [-0.05, 0) is 42.2 Å². The normalized spacial score (nSPS) is 11.7. The summed E-state index contributed by atoms with van der Waals surface area (Å²) in [6.07, 6.45) is 0. The highest BCUT2D eigenvalue weighted by molar-refractivity contribution is 9.10. The van der Waals surface area contributed by atoms with Crippen molar-refractivity contribution in [3.63, 3.8) is 0 Å². The second-order valence-corrected chi connectivity index (χ2v) is 9.37. The lowest BCUT2D eigenvalue weighted by atomic mass is 10.2. The summed E-state index contributed by atoms with van der Waals surface area (Å²) in [4.78, 5) is 0.340. The fraction of sp³-hybridized carbons (Fsp3) is 0.182. The summed E-state index contributed by atoms with van der Waals surface area (Å²) in [6.45, 7) is 4.45. The van der Waals surface area contributed by atoms with E-state index in [1.54, 1.807) is 10.4 Å². The monoisotopic (exact) mass is 443 g/mol. The van der Waals surface area contributed by atoms with E-state index in [0.29, 0.717) is 18.0 Å². The Bertz CT molecular complexity index is 977. The Balaban J connectivity index is 2.04. The molecule has 27 heavy (non-hydrogen) atoms. The van der Waals surface area contributed by atoms with Crippen molar-refractivity contribution in [2.24, 2.45) is 0 Å². The first-order valence-corrected chi connectivity index (χ1v) is 11.0. The number of aryl methyl sites for hydroxylation is 2. The summed E-state index contributed by atoms with van der Waals surface area (Å²) in [7, 11) is -3.66. The molecule has 0 fully saturated rings. The fourth-order valence-corrected chi connectivity index (χ4v) is 5.17. The molecule has 3 aromatic rings. The molecule has 3 aromatic carbocycles. The van der Waals surface area contributed by atoms with E-state index in [1.807, 2.05) is 80.6 Å². The maximum atomic E-state index is 13.5. The van der Waals surface area contributed by atoms with Crippen LogP contribution >= 0.6 is 15.9 Å². The van der Waals surface area contributed by atoms with Crippen LogP contribution in [0.15, 0.2) is 82.2 Å². The van der Waals surface area contributed by atoms with Gasteiger partial charge in [-0.2, -0.15) is 4.31 Å². The van der Waals surface area contributed by atoms with Crippen molar-refractivity contribution in [3.05, 3.63) is 99.5 Å². The predicted molar refractivity (Wildman–Crippen MR) is 113 cm³/mol. The molecular formula is C22H22BrNO2S. The topological polar surface area (TPSA) is 37.4 Å². The molecule has 0 atom stereocenters. The minimum atomic E-state index is -3.66. The maximum absolute atomic E-state index is 13.5. The SMILES string of the molecule is Cc1cc(C)c(S(=O)(=O)N(Cc2ccccc2)Cc2ccccc2)cc1Br. The molecule has 0 N–H and O–H groups in total. The third kappa shape index (κ3) is 4.67. The molecule has 0 saturated carbocycles. The molecule has 140 valence electrons. The number of nitrogens with zero attached hydrogens (tertiary/aromatic N) is 1. The summed E-state index contributed by atoms with van der Waals surface area (Å²) >= 11 is 3.47. The number of hydrogen-bond acceptors (Lipinski definition) is 2. The Labute approximate surface area is 169 Å². The van der Waals surface area contributed by atoms with Crippen molar-refractivity contribution in [3.8, 4) is 0 Å². The highest BCUT2D eigenvalue weighted by atomic mass is 79.9. The van der Waals surface area contributed by atoms with E-state index in [4.69, 9.17) is 0 Å². The van der Waals surface area contributed by atoms with Crippen molar-refractivity contribution in [1.82, 2.24) is 4.31 Å². The van der Waals surface area contributed by atoms with Crippen LogP contribution in [0, 0.1) is 13.8 Å². The van der Waals surface area contributed by atoms with Crippen LogP contribution < -0.4 is 0 Å². The molecular weight excluding hydrogens is 422 g/mol. The average molecular weight is 444 g/mol. The van der Waals surface area contributed by atoms with Gasteiger partial charge in [0.25, 0.3) is 0 Å². The van der Waals surface area contributed by atoms with Crippen LogP contribution in [-0.2, 0) is 23.1 Å². The first-order valence-electron chi connectivity index (χ1n) is 8.72. The molecule has 0 aliphatic heterocycles. The van der Waals surface area contributed by atoms with Crippen molar-refractivity contribution < 1.29 is 8.42 Å². The van der Waals surface area contributed by atoms with Gasteiger partial charge in [-0.15, -0.1) is 0 Å². The van der Waals surface area contributed by atoms with Gasteiger partial charge in [-0.1, -0.05) is 82.7 Å². The van der Waals surface area contributed by atoms with E-state index < -0.39 is 10.0 Å². The molecule has 3 nitrogen and oxygen atoms in total. The molecule has 3 rings (SSSR count). The molecule has 0 unspecified atom stereocenters. The van der Waals surface area contributed by atoms with Crippen LogP contribution in [0.3, 0.4) is 0 Å². The van der Waals surface area contributed by atoms with Crippen molar-refractivity contribution >= 4 is 26.0 Å². The molecule has 0 aliphatic rings. The van der Waals surface area contributed by atoms with Gasteiger partial charge in [0.1, 0.15) is 0 Å². The molecule has 0 aliphatic carbocycles. The fourth-order valence-electron chi connectivity index (χ4n) is 3.02. The third-order valence-corrected chi connectivity index (χ3v) is 7.27. The van der Waals surface area contributed by atoms with Crippen molar-refractivity contribution in [2.75, 3.05) is 0 Å². The van der Waals surface area contributed by atoms with Gasteiger partial charge in [0.05, 0.1) is 4.90 Å². The minimum Gasteiger partial charge on any atom is -0.207 e. The molecule has 5 heteroatoms. The zero-order chi connectivity index (χ0) is 19.4. The quantitative estimate of drug-likeness (QED) is 0.507. The second kappa shape index (κ2) is 8.38. The lowest BCUT2D eigenvalue weighted by Crippen LogP contribution is -2.30. The van der Waals surface area contributed by atoms with E-state index in [1.165, 1.54) is 0 Å². The van der Waals surface area contributed by atoms with Crippen LogP contribution in [0.2, 0.25) is 0 Å². The number of benzene rings is 3. The van der Waals surface area contributed by atoms with Gasteiger partial charge in [0.15, 0.2) is 0 Å². The Hall–Kier alpha value is -1.95. The van der Waals surface area contributed by atoms with E-state index in [-0.39, 0.29) is 0 Å². The molecule has 0 saturated heterocycles. The Morgan fingerprint density at radius 2 is 1.26 bits per heavy atom. The molecule has 0 amide bonds. The summed E-state index contributed by atoms with van der Waals surface area (Å²) in [6, 6.07) is 23.0. The van der Waals surface area contributed by atoms with Gasteiger partial charge >= 0.3 is 0 Å². The van der Waals surface area contributed by atoms with Gasteiger partial charge in [0, 0.05) is 17.6 Å². The van der Waals surface area contributed by atoms with Crippen LogP contribution in [0.5, 0.6) is 0 Å². The van der Waals surface area contributed by atoms with Crippen molar-refractivity contribution in [1.29, 1.82) is 0 Å². The lowest BCUT2D eigenvalue weighted by molar-refractivity contribution is 0.401. The smallest absolute Gasteiger partial charge is 0.207 e. The molecule has 0 heterocycles. The van der Waals surface area contributed by atoms with Crippen molar-refractivity contribution in [2.45, 2.75) is 31.8 Å². The summed E-state index contributed by atoms with van der Waals surface area (Å²) < 4.78 is 29.4. The number of halogens is 1. The van der Waals surface area contributed by atoms with E-state index in [0.717, 1.165) is 26.7 Å². The number of sulfonamides is 1. The van der Waals surface area contributed by atoms with Crippen LogP contribution in [-0.4, -0.2) is 12.7 Å². The Kier molecular flexibility index (Phi) is 6.15. The summed E-state index contributed by atoms with van der Waals surface area (Å²) in [5.74, 6) is 0. The third-order valence-electron chi connectivity index (χ3n) is 4.48. The van der Waals surface area contributed by atoms with Crippen LogP contribution in [0.25, 0.3) is 0 Å². The molecule has 0 aromatic heterocycles. The Morgan fingerprint density at radius 3 is 1.74 bits per heavy atom. The van der Waals surface area contributed by atoms with Gasteiger partial charge in [0.2, 0.25) is 10.0 Å². The van der Waals surface area contributed by atoms with E-state index in [2.05, 4.69) is 15.9 Å². The predicted octanol–water partition coefficient (Wildman–Crippen LogP) is 5.46.